The van der Waals surface area contributed by atoms with Gasteiger partial charge in [-0.15, -0.1) is 0 Å². The van der Waals surface area contributed by atoms with Gasteiger partial charge < -0.3 is 10.2 Å². The van der Waals surface area contributed by atoms with E-state index in [1.807, 2.05) is 6.92 Å². The highest BCUT2D eigenvalue weighted by atomic mass is 35.5. The molecule has 0 aliphatic rings. The van der Waals surface area contributed by atoms with E-state index in [1.165, 1.54) is 43.3 Å². The molecule has 0 fully saturated rings. The summed E-state index contributed by atoms with van der Waals surface area (Å²) in [5, 5.41) is 3.35. The number of amides is 2. The Morgan fingerprint density at radius 3 is 2.21 bits per heavy atom. The molecule has 1 N–H and O–H groups in total. The minimum absolute atomic E-state index is 0.203. The second-order valence-corrected chi connectivity index (χ2v) is 12.8. The van der Waals surface area contributed by atoms with Gasteiger partial charge in [0, 0.05) is 22.6 Å². The molecule has 13 heteroatoms. The van der Waals surface area contributed by atoms with E-state index in [2.05, 4.69) is 5.32 Å². The number of rotatable bonds is 11. The largest absolute Gasteiger partial charge is 0.416 e. The number of halogens is 5. The predicted octanol–water partition coefficient (Wildman–Crippen LogP) is 6.85. The molecule has 0 bridgehead atoms. The lowest BCUT2D eigenvalue weighted by molar-refractivity contribution is -0.139. The molecule has 0 aromatic heterocycles. The van der Waals surface area contributed by atoms with Crippen molar-refractivity contribution in [3.63, 3.8) is 0 Å². The Labute approximate surface area is 259 Å². The van der Waals surface area contributed by atoms with Crippen LogP contribution in [0.1, 0.15) is 43.9 Å². The molecular formula is C30H32Cl2F3N3O4S. The van der Waals surface area contributed by atoms with Crippen LogP contribution in [0.25, 0.3) is 0 Å². The Morgan fingerprint density at radius 2 is 1.63 bits per heavy atom. The van der Waals surface area contributed by atoms with Crippen molar-refractivity contribution in [3.05, 3.63) is 93.5 Å². The van der Waals surface area contributed by atoms with Crippen LogP contribution < -0.4 is 9.62 Å². The fraction of sp³-hybridized carbons (Fsp3) is 0.333. The molecule has 3 rings (SSSR count). The highest BCUT2D eigenvalue weighted by Crippen LogP contribution is 2.33. The molecule has 0 heterocycles. The minimum atomic E-state index is -4.76. The first-order valence-electron chi connectivity index (χ1n) is 13.3. The highest BCUT2D eigenvalue weighted by molar-refractivity contribution is 7.92. The average molecular weight is 659 g/mol. The third-order valence-electron chi connectivity index (χ3n) is 6.87. The Balaban J connectivity index is 2.11. The molecule has 0 unspecified atom stereocenters. The van der Waals surface area contributed by atoms with Crippen molar-refractivity contribution in [3.8, 4) is 0 Å². The van der Waals surface area contributed by atoms with E-state index in [9.17, 15) is 31.2 Å². The third kappa shape index (κ3) is 8.64. The van der Waals surface area contributed by atoms with Gasteiger partial charge in [0.05, 0.1) is 16.1 Å². The van der Waals surface area contributed by atoms with Crippen LogP contribution in [0.15, 0.2) is 71.6 Å². The zero-order valence-electron chi connectivity index (χ0n) is 24.0. The first-order valence-corrected chi connectivity index (χ1v) is 15.5. The maximum atomic E-state index is 14.0. The van der Waals surface area contributed by atoms with Crippen LogP contribution in [0.2, 0.25) is 10.0 Å². The van der Waals surface area contributed by atoms with E-state index in [-0.39, 0.29) is 28.2 Å². The average Bonchev–Trinajstić information content (AvgIpc) is 2.94. The highest BCUT2D eigenvalue weighted by Gasteiger charge is 2.35. The summed E-state index contributed by atoms with van der Waals surface area (Å²) in [7, 11) is -4.54. The maximum Gasteiger partial charge on any atom is 0.416 e. The molecule has 0 saturated carbocycles. The number of alkyl halides is 3. The molecule has 0 spiro atoms. The predicted molar refractivity (Wildman–Crippen MR) is 162 cm³/mol. The van der Waals surface area contributed by atoms with E-state index in [4.69, 9.17) is 23.2 Å². The molecule has 0 saturated heterocycles. The number of hydrogen-bond donors (Lipinski definition) is 1. The van der Waals surface area contributed by atoms with Crippen molar-refractivity contribution in [1.82, 2.24) is 10.2 Å². The molecule has 2 atom stereocenters. The summed E-state index contributed by atoms with van der Waals surface area (Å²) < 4.78 is 69.2. The summed E-state index contributed by atoms with van der Waals surface area (Å²) in [5.74, 6) is -1.34. The van der Waals surface area contributed by atoms with Gasteiger partial charge in [-0.25, -0.2) is 8.42 Å². The lowest BCUT2D eigenvalue weighted by Crippen LogP contribution is -2.52. The number of aryl methyl sites for hydroxylation is 1. The van der Waals surface area contributed by atoms with Crippen LogP contribution in [0, 0.1) is 6.92 Å². The number of nitrogens with zero attached hydrogens (tertiary/aromatic N) is 2. The molecule has 3 aromatic rings. The van der Waals surface area contributed by atoms with Gasteiger partial charge in [0.25, 0.3) is 10.0 Å². The molecule has 3 aromatic carbocycles. The molecule has 0 aliphatic heterocycles. The SMILES string of the molecule is CC[C@H](C)NC(=O)[C@@H](C)N(Cc1ccc(Cl)cc1Cl)C(=O)CN(c1cccc(C(F)(F)F)c1)S(=O)(=O)c1ccc(C)cc1. The topological polar surface area (TPSA) is 86.8 Å². The Morgan fingerprint density at radius 1 is 0.977 bits per heavy atom. The summed E-state index contributed by atoms with van der Waals surface area (Å²) in [4.78, 5) is 28.0. The minimum Gasteiger partial charge on any atom is -0.352 e. The first-order chi connectivity index (χ1) is 20.0. The van der Waals surface area contributed by atoms with Gasteiger partial charge in [-0.1, -0.05) is 60.0 Å². The van der Waals surface area contributed by atoms with Crippen LogP contribution in [-0.4, -0.2) is 43.8 Å². The Kier molecular flexibility index (Phi) is 11.1. The van der Waals surface area contributed by atoms with Gasteiger partial charge >= 0.3 is 6.18 Å². The molecule has 232 valence electrons. The monoisotopic (exact) mass is 657 g/mol. The molecule has 43 heavy (non-hydrogen) atoms. The van der Waals surface area contributed by atoms with Gasteiger partial charge in [-0.2, -0.15) is 13.2 Å². The zero-order chi connectivity index (χ0) is 32.1. The van der Waals surface area contributed by atoms with Gasteiger partial charge in [0.2, 0.25) is 11.8 Å². The van der Waals surface area contributed by atoms with Crippen LogP contribution in [0.4, 0.5) is 18.9 Å². The van der Waals surface area contributed by atoms with Crippen molar-refractivity contribution in [2.45, 2.75) is 63.8 Å². The fourth-order valence-corrected chi connectivity index (χ4v) is 5.96. The van der Waals surface area contributed by atoms with E-state index in [0.29, 0.717) is 27.4 Å². The second kappa shape index (κ2) is 14.0. The Hall–Kier alpha value is -3.28. The number of nitrogens with one attached hydrogen (secondary N) is 1. The lowest BCUT2D eigenvalue weighted by Gasteiger charge is -2.32. The summed E-state index contributed by atoms with van der Waals surface area (Å²) in [6.07, 6.45) is -4.15. The van der Waals surface area contributed by atoms with Crippen molar-refractivity contribution < 1.29 is 31.2 Å². The van der Waals surface area contributed by atoms with E-state index in [1.54, 1.807) is 26.0 Å². The summed E-state index contributed by atoms with van der Waals surface area (Å²) >= 11 is 12.4. The third-order valence-corrected chi connectivity index (χ3v) is 9.25. The first kappa shape index (κ1) is 34.2. The van der Waals surface area contributed by atoms with Gasteiger partial charge in [-0.3, -0.25) is 13.9 Å². The summed E-state index contributed by atoms with van der Waals surface area (Å²) in [5.41, 5.74) is -0.278. The molecule has 7 nitrogen and oxygen atoms in total. The van der Waals surface area contributed by atoms with Crippen LogP contribution >= 0.6 is 23.2 Å². The maximum absolute atomic E-state index is 14.0. The van der Waals surface area contributed by atoms with Gasteiger partial charge in [0.1, 0.15) is 12.6 Å². The zero-order valence-corrected chi connectivity index (χ0v) is 26.3. The smallest absolute Gasteiger partial charge is 0.352 e. The quantitative estimate of drug-likeness (QED) is 0.244. The standard InChI is InChI=1S/C30H32Cl2F3N3O4S/c1-5-20(3)36-29(40)21(4)37(17-22-11-12-24(31)16-27(22)32)28(39)18-38(25-8-6-7-23(15-25)30(33,34)35)43(41,42)26-13-9-19(2)10-14-26/h6-16,20-21H,5,17-18H2,1-4H3,(H,36,40)/t20-,21+/m0/s1. The summed E-state index contributed by atoms with van der Waals surface area (Å²) in [6.45, 7) is 5.78. The number of hydrogen-bond acceptors (Lipinski definition) is 4. The normalized spacial score (nSPS) is 13.2. The number of benzene rings is 3. The summed E-state index contributed by atoms with van der Waals surface area (Å²) in [6, 6.07) is 12.7. The molecule has 2 amide bonds. The van der Waals surface area contributed by atoms with Crippen LogP contribution in [0.3, 0.4) is 0 Å². The molecule has 0 radical (unpaired) electrons. The Bertz CT molecular complexity index is 1570. The van der Waals surface area contributed by atoms with E-state index in [0.717, 1.165) is 22.6 Å². The van der Waals surface area contributed by atoms with Crippen molar-refractivity contribution in [2.75, 3.05) is 10.8 Å². The van der Waals surface area contributed by atoms with Crippen LogP contribution in [-0.2, 0) is 32.3 Å². The van der Waals surface area contributed by atoms with Crippen molar-refractivity contribution in [1.29, 1.82) is 0 Å². The van der Waals surface area contributed by atoms with E-state index < -0.39 is 46.2 Å². The van der Waals surface area contributed by atoms with Gasteiger partial charge in [0.15, 0.2) is 0 Å². The molecular weight excluding hydrogens is 626 g/mol. The van der Waals surface area contributed by atoms with Crippen molar-refractivity contribution >= 4 is 50.7 Å². The molecule has 0 aliphatic carbocycles. The van der Waals surface area contributed by atoms with Gasteiger partial charge in [-0.05, 0) is 75.2 Å². The van der Waals surface area contributed by atoms with Crippen LogP contribution in [0.5, 0.6) is 0 Å². The second-order valence-electron chi connectivity index (χ2n) is 10.1. The number of carbonyl (C=O) groups is 2. The number of anilines is 1. The lowest BCUT2D eigenvalue weighted by atomic mass is 10.1. The van der Waals surface area contributed by atoms with E-state index >= 15 is 0 Å². The number of sulfonamides is 1. The number of carbonyl (C=O) groups excluding carboxylic acids is 2. The fourth-order valence-electron chi connectivity index (χ4n) is 4.09. The van der Waals surface area contributed by atoms with Crippen molar-refractivity contribution in [2.24, 2.45) is 0 Å².